The average Bonchev–Trinajstić information content (AvgIpc) is 2.36. The first kappa shape index (κ1) is 16.3. The van der Waals surface area contributed by atoms with Gasteiger partial charge in [-0.2, -0.15) is 0 Å². The summed E-state index contributed by atoms with van der Waals surface area (Å²) in [5.74, 6) is 0. The van der Waals surface area contributed by atoms with Crippen LogP contribution in [0.4, 0.5) is 0 Å². The first-order chi connectivity index (χ1) is 8.65. The molecule has 0 bridgehead atoms. The number of benzene rings is 1. The molecule has 1 atom stereocenters. The van der Waals surface area contributed by atoms with Crippen LogP contribution in [0.2, 0.25) is 5.02 Å². The van der Waals surface area contributed by atoms with Gasteiger partial charge in [-0.15, -0.1) is 0 Å². The van der Waals surface area contributed by atoms with Gasteiger partial charge in [0.1, 0.15) is 0 Å². The van der Waals surface area contributed by atoms with Crippen LogP contribution in [0.1, 0.15) is 63.5 Å². The quantitative estimate of drug-likeness (QED) is 0.451. The molecule has 1 aromatic rings. The summed E-state index contributed by atoms with van der Waals surface area (Å²) in [6.45, 7) is 2.23. The average molecular weight is 381 g/mol. The van der Waals surface area contributed by atoms with E-state index >= 15 is 0 Å². The Bertz CT molecular complexity index is 354. The van der Waals surface area contributed by atoms with Crippen LogP contribution in [0, 0.1) is 3.57 Å². The summed E-state index contributed by atoms with van der Waals surface area (Å²) in [5.41, 5.74) is 0.969. The number of hydrogen-bond donors (Lipinski definition) is 1. The fraction of sp³-hybridized carbons (Fsp3) is 0.600. The molecule has 1 aromatic carbocycles. The van der Waals surface area contributed by atoms with Crippen LogP contribution in [0.25, 0.3) is 0 Å². The molecule has 1 N–H and O–H groups in total. The number of aliphatic hydroxyl groups excluding tert-OH is 1. The van der Waals surface area contributed by atoms with Gasteiger partial charge in [-0.1, -0.05) is 57.0 Å². The van der Waals surface area contributed by atoms with E-state index in [0.717, 1.165) is 22.0 Å². The SMILES string of the molecule is CCCCCCCCC(O)c1cc(Cl)ccc1I. The van der Waals surface area contributed by atoms with Gasteiger partial charge in [0.2, 0.25) is 0 Å². The third-order valence-corrected chi connectivity index (χ3v) is 4.37. The van der Waals surface area contributed by atoms with Gasteiger partial charge in [0.05, 0.1) is 6.10 Å². The van der Waals surface area contributed by atoms with Gasteiger partial charge in [-0.25, -0.2) is 0 Å². The van der Waals surface area contributed by atoms with E-state index in [-0.39, 0.29) is 6.10 Å². The highest BCUT2D eigenvalue weighted by Gasteiger charge is 2.11. The molecule has 18 heavy (non-hydrogen) atoms. The molecule has 102 valence electrons. The van der Waals surface area contributed by atoms with Crippen LogP contribution in [-0.4, -0.2) is 5.11 Å². The highest BCUT2D eigenvalue weighted by Crippen LogP contribution is 2.27. The molecule has 1 nitrogen and oxygen atoms in total. The predicted molar refractivity (Wildman–Crippen MR) is 87.1 cm³/mol. The molecule has 0 spiro atoms. The Morgan fingerprint density at radius 3 is 2.56 bits per heavy atom. The van der Waals surface area contributed by atoms with Crippen LogP contribution in [0.5, 0.6) is 0 Å². The second kappa shape index (κ2) is 9.16. The molecule has 0 amide bonds. The highest BCUT2D eigenvalue weighted by molar-refractivity contribution is 14.1. The van der Waals surface area contributed by atoms with Crippen molar-refractivity contribution in [2.75, 3.05) is 0 Å². The smallest absolute Gasteiger partial charge is 0.0800 e. The monoisotopic (exact) mass is 380 g/mol. The van der Waals surface area contributed by atoms with Crippen molar-refractivity contribution in [3.8, 4) is 0 Å². The number of halogens is 2. The molecule has 0 radical (unpaired) electrons. The third-order valence-electron chi connectivity index (χ3n) is 3.15. The number of rotatable bonds is 8. The normalized spacial score (nSPS) is 12.7. The molecule has 0 saturated heterocycles. The molecule has 0 heterocycles. The summed E-state index contributed by atoms with van der Waals surface area (Å²) in [5, 5.41) is 10.9. The van der Waals surface area contributed by atoms with Gasteiger partial charge in [0.25, 0.3) is 0 Å². The van der Waals surface area contributed by atoms with Crippen LogP contribution in [-0.2, 0) is 0 Å². The molecule has 1 rings (SSSR count). The van der Waals surface area contributed by atoms with Gasteiger partial charge in [-0.05, 0) is 52.8 Å². The fourth-order valence-corrected chi connectivity index (χ4v) is 2.92. The Labute approximate surface area is 129 Å². The topological polar surface area (TPSA) is 20.2 Å². The summed E-state index contributed by atoms with van der Waals surface area (Å²) in [7, 11) is 0. The standard InChI is InChI=1S/C15H22ClIO/c1-2-3-4-5-6-7-8-15(18)13-11-12(16)9-10-14(13)17/h9-11,15,18H,2-8H2,1H3. The van der Waals surface area contributed by atoms with E-state index in [9.17, 15) is 5.11 Å². The summed E-state index contributed by atoms with van der Waals surface area (Å²) in [4.78, 5) is 0. The van der Waals surface area contributed by atoms with Gasteiger partial charge >= 0.3 is 0 Å². The van der Waals surface area contributed by atoms with Crippen LogP contribution < -0.4 is 0 Å². The van der Waals surface area contributed by atoms with Crippen molar-refractivity contribution in [2.45, 2.75) is 58.0 Å². The van der Waals surface area contributed by atoms with E-state index in [4.69, 9.17) is 11.6 Å². The number of hydrogen-bond acceptors (Lipinski definition) is 1. The second-order valence-electron chi connectivity index (χ2n) is 4.74. The van der Waals surface area contributed by atoms with E-state index in [0.29, 0.717) is 5.02 Å². The van der Waals surface area contributed by atoms with Gasteiger partial charge in [-0.3, -0.25) is 0 Å². The predicted octanol–water partition coefficient (Wildman–Crippen LogP) is 5.73. The van der Waals surface area contributed by atoms with Crippen molar-refractivity contribution >= 4 is 34.2 Å². The van der Waals surface area contributed by atoms with Gasteiger partial charge in [0.15, 0.2) is 0 Å². The third kappa shape index (κ3) is 5.89. The molecule has 0 aliphatic heterocycles. The first-order valence-corrected chi connectivity index (χ1v) is 8.23. The zero-order chi connectivity index (χ0) is 13.4. The molecule has 0 aromatic heterocycles. The second-order valence-corrected chi connectivity index (χ2v) is 6.34. The zero-order valence-electron chi connectivity index (χ0n) is 11.0. The van der Waals surface area contributed by atoms with Crippen molar-refractivity contribution in [1.29, 1.82) is 0 Å². The van der Waals surface area contributed by atoms with E-state index in [2.05, 4.69) is 29.5 Å². The van der Waals surface area contributed by atoms with E-state index in [1.54, 1.807) is 0 Å². The van der Waals surface area contributed by atoms with Crippen molar-refractivity contribution in [3.05, 3.63) is 32.4 Å². The van der Waals surface area contributed by atoms with E-state index in [1.165, 1.54) is 32.1 Å². The molecule has 3 heteroatoms. The maximum Gasteiger partial charge on any atom is 0.0800 e. The molecule has 0 saturated carbocycles. The van der Waals surface area contributed by atoms with Crippen molar-refractivity contribution in [1.82, 2.24) is 0 Å². The summed E-state index contributed by atoms with van der Waals surface area (Å²) in [6.07, 6.45) is 7.98. The Balaban J connectivity index is 2.31. The number of aliphatic hydroxyl groups is 1. The minimum Gasteiger partial charge on any atom is -0.388 e. The Kier molecular flexibility index (Phi) is 8.27. The summed E-state index contributed by atoms with van der Waals surface area (Å²) < 4.78 is 1.09. The molecule has 0 aliphatic carbocycles. The lowest BCUT2D eigenvalue weighted by atomic mass is 10.0. The van der Waals surface area contributed by atoms with E-state index in [1.807, 2.05) is 18.2 Å². The van der Waals surface area contributed by atoms with Gasteiger partial charge < -0.3 is 5.11 Å². The lowest BCUT2D eigenvalue weighted by molar-refractivity contribution is 0.162. The largest absolute Gasteiger partial charge is 0.388 e. The Morgan fingerprint density at radius 1 is 1.17 bits per heavy atom. The minimum absolute atomic E-state index is 0.373. The maximum atomic E-state index is 10.2. The van der Waals surface area contributed by atoms with Crippen molar-refractivity contribution in [2.24, 2.45) is 0 Å². The maximum absolute atomic E-state index is 10.2. The summed E-state index contributed by atoms with van der Waals surface area (Å²) >= 11 is 8.22. The lowest BCUT2D eigenvalue weighted by Gasteiger charge is -2.13. The van der Waals surface area contributed by atoms with Crippen LogP contribution in [0.3, 0.4) is 0 Å². The molecule has 0 fully saturated rings. The zero-order valence-corrected chi connectivity index (χ0v) is 13.9. The van der Waals surface area contributed by atoms with Crippen LogP contribution in [0.15, 0.2) is 18.2 Å². The van der Waals surface area contributed by atoms with Crippen molar-refractivity contribution in [3.63, 3.8) is 0 Å². The van der Waals surface area contributed by atoms with Gasteiger partial charge in [0, 0.05) is 8.59 Å². The fourth-order valence-electron chi connectivity index (χ4n) is 2.04. The minimum atomic E-state index is -0.373. The lowest BCUT2D eigenvalue weighted by Crippen LogP contribution is -2.00. The highest BCUT2D eigenvalue weighted by atomic mass is 127. The number of unbranched alkanes of at least 4 members (excludes halogenated alkanes) is 5. The molecular formula is C15H22ClIO. The Morgan fingerprint density at radius 2 is 1.83 bits per heavy atom. The molecular weight excluding hydrogens is 359 g/mol. The summed E-state index contributed by atoms with van der Waals surface area (Å²) in [6, 6.07) is 5.71. The Hall–Kier alpha value is 0.200. The van der Waals surface area contributed by atoms with Crippen LogP contribution >= 0.6 is 34.2 Å². The molecule has 1 unspecified atom stereocenters. The first-order valence-electron chi connectivity index (χ1n) is 6.78. The molecule has 0 aliphatic rings. The van der Waals surface area contributed by atoms with E-state index < -0.39 is 0 Å². The van der Waals surface area contributed by atoms with Crippen molar-refractivity contribution < 1.29 is 5.11 Å².